The van der Waals surface area contributed by atoms with Crippen LogP contribution in [-0.2, 0) is 0 Å². The highest BCUT2D eigenvalue weighted by Crippen LogP contribution is 2.35. The van der Waals surface area contributed by atoms with Gasteiger partial charge in [0, 0.05) is 23.3 Å². The molecule has 3 heterocycles. The Labute approximate surface area is 142 Å². The predicted molar refractivity (Wildman–Crippen MR) is 95.8 cm³/mol. The third-order valence-electron chi connectivity index (χ3n) is 3.83. The molecule has 0 aliphatic carbocycles. The molecule has 0 aliphatic heterocycles. The number of benzene rings is 1. The second-order valence-corrected chi connectivity index (χ2v) is 6.55. The summed E-state index contributed by atoms with van der Waals surface area (Å²) in [4.78, 5) is 11.2. The van der Waals surface area contributed by atoms with E-state index in [1.807, 2.05) is 31.3 Å². The number of aryl methyl sites for hydroxylation is 1. The molecule has 0 saturated carbocycles. The third-order valence-corrected chi connectivity index (χ3v) is 4.99. The van der Waals surface area contributed by atoms with E-state index in [0.717, 1.165) is 32.1 Å². The zero-order valence-corrected chi connectivity index (χ0v) is 13.8. The van der Waals surface area contributed by atoms with E-state index in [-0.39, 0.29) is 12.4 Å². The third kappa shape index (κ3) is 2.38. The van der Waals surface area contributed by atoms with Gasteiger partial charge in [0.15, 0.2) is 11.5 Å². The molecule has 0 fully saturated rings. The molecule has 7 heteroatoms. The first-order valence-corrected chi connectivity index (χ1v) is 8.41. The van der Waals surface area contributed by atoms with Crippen molar-refractivity contribution in [3.05, 3.63) is 42.2 Å². The summed E-state index contributed by atoms with van der Waals surface area (Å²) in [5.74, 6) is 0.918. The molecule has 4 rings (SSSR count). The highest BCUT2D eigenvalue weighted by molar-refractivity contribution is 7.21. The molecular formula is C17H16N4O2S. The largest absolute Gasteiger partial charge is 0.508 e. The quantitative estimate of drug-likeness (QED) is 0.532. The smallest absolute Gasteiger partial charge is 0.181 e. The lowest BCUT2D eigenvalue weighted by atomic mass is 10.2. The van der Waals surface area contributed by atoms with E-state index in [2.05, 4.69) is 19.7 Å². The number of nitrogens with zero attached hydrogens (tertiary/aromatic N) is 3. The van der Waals surface area contributed by atoms with Gasteiger partial charge in [-0.1, -0.05) is 0 Å². The number of aliphatic hydroxyl groups is 1. The van der Waals surface area contributed by atoms with Gasteiger partial charge in [0.05, 0.1) is 6.61 Å². The van der Waals surface area contributed by atoms with Crippen LogP contribution in [0.3, 0.4) is 0 Å². The lowest BCUT2D eigenvalue weighted by molar-refractivity contribution is 0.311. The van der Waals surface area contributed by atoms with Gasteiger partial charge in [0.1, 0.15) is 16.1 Å². The summed E-state index contributed by atoms with van der Waals surface area (Å²) in [6.07, 6.45) is 1.82. The number of nitrogens with one attached hydrogen (secondary N) is 1. The van der Waals surface area contributed by atoms with Crippen LogP contribution in [0.4, 0.5) is 5.82 Å². The number of aromatic hydroxyl groups is 1. The van der Waals surface area contributed by atoms with Crippen LogP contribution in [0.15, 0.2) is 36.5 Å². The van der Waals surface area contributed by atoms with E-state index in [0.29, 0.717) is 12.4 Å². The normalized spacial score (nSPS) is 11.4. The van der Waals surface area contributed by atoms with Crippen LogP contribution in [0, 0.1) is 6.92 Å². The minimum absolute atomic E-state index is 0.0357. The molecular weight excluding hydrogens is 324 g/mol. The SMILES string of the molecule is Cc1cnc2c(NCCO)nc3cc(-c4ccc(O)cc4)sc3n12. The number of phenolic OH excluding ortho intramolecular Hbond substituents is 1. The van der Waals surface area contributed by atoms with E-state index >= 15 is 0 Å². The topological polar surface area (TPSA) is 82.7 Å². The molecule has 24 heavy (non-hydrogen) atoms. The summed E-state index contributed by atoms with van der Waals surface area (Å²) in [6.45, 7) is 2.47. The van der Waals surface area contributed by atoms with Crippen LogP contribution in [0.5, 0.6) is 5.75 Å². The van der Waals surface area contributed by atoms with Crippen LogP contribution in [0.25, 0.3) is 26.4 Å². The monoisotopic (exact) mass is 340 g/mol. The molecule has 0 amide bonds. The Morgan fingerprint density at radius 1 is 1.25 bits per heavy atom. The van der Waals surface area contributed by atoms with Crippen molar-refractivity contribution in [2.75, 3.05) is 18.5 Å². The lowest BCUT2D eigenvalue weighted by Crippen LogP contribution is -2.08. The summed E-state index contributed by atoms with van der Waals surface area (Å²) in [5.41, 5.74) is 3.69. The highest BCUT2D eigenvalue weighted by Gasteiger charge is 2.15. The first kappa shape index (κ1) is 14.9. The summed E-state index contributed by atoms with van der Waals surface area (Å²) in [7, 11) is 0. The second kappa shape index (κ2) is 5.77. The number of imidazole rings is 1. The van der Waals surface area contributed by atoms with Crippen molar-refractivity contribution in [2.45, 2.75) is 6.92 Å². The Morgan fingerprint density at radius 3 is 2.79 bits per heavy atom. The van der Waals surface area contributed by atoms with E-state index in [1.54, 1.807) is 23.5 Å². The lowest BCUT2D eigenvalue weighted by Gasteiger charge is -2.06. The van der Waals surface area contributed by atoms with Crippen LogP contribution in [0.1, 0.15) is 5.69 Å². The van der Waals surface area contributed by atoms with Crippen LogP contribution >= 0.6 is 11.3 Å². The van der Waals surface area contributed by atoms with Gasteiger partial charge in [-0.25, -0.2) is 9.97 Å². The number of aliphatic hydroxyl groups excluding tert-OH is 1. The Morgan fingerprint density at radius 2 is 2.04 bits per heavy atom. The molecule has 0 spiro atoms. The zero-order valence-electron chi connectivity index (χ0n) is 13.0. The molecule has 1 aromatic carbocycles. The summed E-state index contributed by atoms with van der Waals surface area (Å²) >= 11 is 1.64. The number of hydrogen-bond acceptors (Lipinski definition) is 6. The summed E-state index contributed by atoms with van der Waals surface area (Å²) in [5, 5.41) is 21.6. The van der Waals surface area contributed by atoms with Gasteiger partial charge < -0.3 is 15.5 Å². The molecule has 0 saturated heterocycles. The van der Waals surface area contributed by atoms with Gasteiger partial charge in [0.2, 0.25) is 0 Å². The Balaban J connectivity index is 1.93. The van der Waals surface area contributed by atoms with Crippen molar-refractivity contribution < 1.29 is 10.2 Å². The van der Waals surface area contributed by atoms with E-state index < -0.39 is 0 Å². The first-order chi connectivity index (χ1) is 11.7. The average Bonchev–Trinajstić information content (AvgIpc) is 3.17. The number of fused-ring (bicyclic) bond motifs is 3. The van der Waals surface area contributed by atoms with Crippen molar-refractivity contribution in [3.63, 3.8) is 0 Å². The molecule has 0 aliphatic rings. The number of thiophene rings is 1. The van der Waals surface area contributed by atoms with Crippen molar-refractivity contribution in [1.29, 1.82) is 0 Å². The van der Waals surface area contributed by atoms with Gasteiger partial charge in [-0.2, -0.15) is 0 Å². The van der Waals surface area contributed by atoms with Crippen molar-refractivity contribution in [3.8, 4) is 16.2 Å². The molecule has 3 N–H and O–H groups in total. The molecule has 0 atom stereocenters. The van der Waals surface area contributed by atoms with Crippen molar-refractivity contribution in [1.82, 2.24) is 14.4 Å². The number of phenols is 1. The fourth-order valence-corrected chi connectivity index (χ4v) is 3.87. The fraction of sp³-hybridized carbons (Fsp3) is 0.176. The van der Waals surface area contributed by atoms with E-state index in [4.69, 9.17) is 5.11 Å². The van der Waals surface area contributed by atoms with Crippen LogP contribution < -0.4 is 5.32 Å². The zero-order chi connectivity index (χ0) is 16.7. The second-order valence-electron chi connectivity index (χ2n) is 5.52. The fourth-order valence-electron chi connectivity index (χ4n) is 2.70. The maximum atomic E-state index is 9.46. The van der Waals surface area contributed by atoms with Gasteiger partial charge in [-0.3, -0.25) is 4.40 Å². The maximum Gasteiger partial charge on any atom is 0.181 e. The van der Waals surface area contributed by atoms with Gasteiger partial charge in [0.25, 0.3) is 0 Å². The molecule has 0 radical (unpaired) electrons. The van der Waals surface area contributed by atoms with Crippen molar-refractivity contribution >= 4 is 33.1 Å². The van der Waals surface area contributed by atoms with Crippen LogP contribution in [-0.4, -0.2) is 37.7 Å². The maximum absolute atomic E-state index is 9.46. The number of hydrogen-bond donors (Lipinski definition) is 3. The Hall–Kier alpha value is -2.64. The molecule has 3 aromatic heterocycles. The summed E-state index contributed by atoms with van der Waals surface area (Å²) in [6, 6.07) is 9.18. The standard InChI is InChI=1S/C17H16N4O2S/c1-10-9-19-16-15(18-6-7-22)20-13-8-14(24-17(13)21(10)16)11-2-4-12(23)5-3-11/h2-5,8-9,22-23H,6-7H2,1H3,(H,18,20). The van der Waals surface area contributed by atoms with E-state index in [9.17, 15) is 5.11 Å². The Kier molecular flexibility index (Phi) is 3.59. The van der Waals surface area contributed by atoms with Crippen molar-refractivity contribution in [2.24, 2.45) is 0 Å². The van der Waals surface area contributed by atoms with Gasteiger partial charge in [-0.05, 0) is 42.8 Å². The van der Waals surface area contributed by atoms with E-state index in [1.165, 1.54) is 0 Å². The molecule has 6 nitrogen and oxygen atoms in total. The number of rotatable bonds is 4. The van der Waals surface area contributed by atoms with Gasteiger partial charge >= 0.3 is 0 Å². The molecule has 0 bridgehead atoms. The van der Waals surface area contributed by atoms with Crippen LogP contribution in [0.2, 0.25) is 0 Å². The molecule has 4 aromatic rings. The number of aromatic nitrogens is 3. The minimum Gasteiger partial charge on any atom is -0.508 e. The summed E-state index contributed by atoms with van der Waals surface area (Å²) < 4.78 is 2.08. The minimum atomic E-state index is 0.0357. The average molecular weight is 340 g/mol. The van der Waals surface area contributed by atoms with Gasteiger partial charge in [-0.15, -0.1) is 11.3 Å². The highest BCUT2D eigenvalue weighted by atomic mass is 32.1. The molecule has 0 unspecified atom stereocenters. The predicted octanol–water partition coefficient (Wildman–Crippen LogP) is 3.03. The number of anilines is 1. The Bertz CT molecular complexity index is 1020. The first-order valence-electron chi connectivity index (χ1n) is 7.59. The molecule has 122 valence electrons.